The van der Waals surface area contributed by atoms with E-state index in [9.17, 15) is 4.79 Å². The van der Waals surface area contributed by atoms with E-state index in [0.29, 0.717) is 24.6 Å². The van der Waals surface area contributed by atoms with E-state index in [1.165, 1.54) is 19.3 Å². The smallest absolute Gasteiger partial charge is 0.223 e. The van der Waals surface area contributed by atoms with Gasteiger partial charge in [-0.25, -0.2) is 0 Å². The number of nitrogens with one attached hydrogen (secondary N) is 1. The second kappa shape index (κ2) is 5.65. The zero-order valence-electron chi connectivity index (χ0n) is 13.3. The van der Waals surface area contributed by atoms with E-state index in [1.54, 1.807) is 6.07 Å². The van der Waals surface area contributed by atoms with E-state index in [4.69, 9.17) is 10.00 Å². The van der Waals surface area contributed by atoms with E-state index in [1.807, 2.05) is 18.2 Å². The minimum Gasteiger partial charge on any atom is -0.368 e. The summed E-state index contributed by atoms with van der Waals surface area (Å²) >= 11 is 0. The van der Waals surface area contributed by atoms with Crippen LogP contribution in [-0.2, 0) is 15.1 Å². The number of hydrogen-bond acceptors (Lipinski definition) is 3. The van der Waals surface area contributed by atoms with Crippen molar-refractivity contribution in [2.45, 2.75) is 37.7 Å². The molecule has 3 fully saturated rings. The van der Waals surface area contributed by atoms with Gasteiger partial charge in [-0.15, -0.1) is 0 Å². The average Bonchev–Trinajstić information content (AvgIpc) is 3.24. The molecule has 1 amide bonds. The lowest BCUT2D eigenvalue weighted by atomic mass is 9.81. The summed E-state index contributed by atoms with van der Waals surface area (Å²) in [5.41, 5.74) is 1.19. The molecule has 1 aromatic carbocycles. The number of carbonyl (C=O) groups is 1. The number of benzene rings is 1. The predicted octanol–water partition coefficient (Wildman–Crippen LogP) is 2.73. The van der Waals surface area contributed by atoms with Crippen LogP contribution < -0.4 is 5.32 Å². The van der Waals surface area contributed by atoms with Crippen molar-refractivity contribution >= 4 is 5.91 Å². The van der Waals surface area contributed by atoms with Gasteiger partial charge in [0, 0.05) is 12.3 Å². The molecule has 2 saturated carbocycles. The first-order chi connectivity index (χ1) is 11.2. The van der Waals surface area contributed by atoms with E-state index in [2.05, 4.69) is 11.4 Å². The van der Waals surface area contributed by atoms with Crippen LogP contribution >= 0.6 is 0 Å². The Morgan fingerprint density at radius 1 is 1.43 bits per heavy atom. The first-order valence-electron chi connectivity index (χ1n) is 8.64. The fourth-order valence-electron chi connectivity index (χ4n) is 3.96. The predicted molar refractivity (Wildman–Crippen MR) is 85.4 cm³/mol. The molecule has 0 spiro atoms. The maximum absolute atomic E-state index is 12.4. The topological polar surface area (TPSA) is 62.1 Å². The number of nitriles is 1. The van der Waals surface area contributed by atoms with Crippen LogP contribution in [-0.4, -0.2) is 19.1 Å². The van der Waals surface area contributed by atoms with Crippen LogP contribution in [0.15, 0.2) is 24.3 Å². The number of ether oxygens (including phenoxy) is 1. The molecule has 1 heterocycles. The third-order valence-corrected chi connectivity index (χ3v) is 5.88. The molecule has 2 unspecified atom stereocenters. The summed E-state index contributed by atoms with van der Waals surface area (Å²) in [4.78, 5) is 12.4. The molecule has 23 heavy (non-hydrogen) atoms. The molecule has 3 aliphatic rings. The highest BCUT2D eigenvalue weighted by Crippen LogP contribution is 2.51. The molecular formula is C19H22N2O2. The maximum atomic E-state index is 12.4. The van der Waals surface area contributed by atoms with Gasteiger partial charge in [-0.1, -0.05) is 31.4 Å². The largest absolute Gasteiger partial charge is 0.368 e. The van der Waals surface area contributed by atoms with Gasteiger partial charge in [0.25, 0.3) is 0 Å². The molecule has 120 valence electrons. The summed E-state index contributed by atoms with van der Waals surface area (Å²) in [5, 5.41) is 12.2. The quantitative estimate of drug-likeness (QED) is 0.909. The van der Waals surface area contributed by atoms with Gasteiger partial charge >= 0.3 is 0 Å². The minimum atomic E-state index is -0.441. The molecule has 0 bridgehead atoms. The maximum Gasteiger partial charge on any atom is 0.223 e. The van der Waals surface area contributed by atoms with Gasteiger partial charge in [0.15, 0.2) is 0 Å². The van der Waals surface area contributed by atoms with E-state index in [0.717, 1.165) is 24.3 Å². The Morgan fingerprint density at radius 3 is 2.87 bits per heavy atom. The zero-order chi connectivity index (χ0) is 15.9. The molecule has 4 rings (SSSR count). The second-order valence-electron chi connectivity index (χ2n) is 7.20. The van der Waals surface area contributed by atoms with Crippen LogP contribution in [0.5, 0.6) is 0 Å². The fraction of sp³-hybridized carbons (Fsp3) is 0.579. The normalized spacial score (nSPS) is 32.3. The summed E-state index contributed by atoms with van der Waals surface area (Å²) in [5.74, 6) is 1.84. The Balaban J connectivity index is 1.38. The van der Waals surface area contributed by atoms with Crippen molar-refractivity contribution < 1.29 is 9.53 Å². The van der Waals surface area contributed by atoms with Gasteiger partial charge in [0.2, 0.25) is 5.91 Å². The summed E-state index contributed by atoms with van der Waals surface area (Å²) in [6.45, 7) is 1.22. The Morgan fingerprint density at radius 2 is 2.26 bits per heavy atom. The third-order valence-electron chi connectivity index (χ3n) is 5.88. The molecule has 1 N–H and O–H groups in total. The molecule has 4 heteroatoms. The molecule has 1 aliphatic heterocycles. The van der Waals surface area contributed by atoms with Crippen LogP contribution in [0.1, 0.15) is 43.2 Å². The molecule has 4 nitrogen and oxygen atoms in total. The minimum absolute atomic E-state index is 0.188. The van der Waals surface area contributed by atoms with Crippen molar-refractivity contribution in [3.05, 3.63) is 35.4 Å². The summed E-state index contributed by atoms with van der Waals surface area (Å²) in [7, 11) is 0. The lowest BCUT2D eigenvalue weighted by Crippen LogP contribution is -2.50. The highest BCUT2D eigenvalue weighted by molar-refractivity contribution is 5.81. The molecule has 1 aromatic rings. The lowest BCUT2D eigenvalue weighted by Gasteiger charge is -2.42. The van der Waals surface area contributed by atoms with Crippen LogP contribution in [0.4, 0.5) is 0 Å². The van der Waals surface area contributed by atoms with Crippen molar-refractivity contribution in [3.63, 3.8) is 0 Å². The number of amides is 1. The van der Waals surface area contributed by atoms with E-state index in [-0.39, 0.29) is 11.8 Å². The number of nitrogens with zero attached hydrogens (tertiary/aromatic N) is 1. The van der Waals surface area contributed by atoms with Gasteiger partial charge in [0.05, 0.1) is 24.8 Å². The molecule has 0 radical (unpaired) electrons. The summed E-state index contributed by atoms with van der Waals surface area (Å²) < 4.78 is 5.84. The highest BCUT2D eigenvalue weighted by Gasteiger charge is 2.49. The number of carbonyl (C=O) groups excluding carboxylic acids is 1. The van der Waals surface area contributed by atoms with Gasteiger partial charge in [-0.05, 0) is 36.0 Å². The molecular weight excluding hydrogens is 288 g/mol. The van der Waals surface area contributed by atoms with Crippen molar-refractivity contribution in [3.8, 4) is 6.07 Å². The number of hydrogen-bond donors (Lipinski definition) is 1. The van der Waals surface area contributed by atoms with Crippen LogP contribution in [0.3, 0.4) is 0 Å². The van der Waals surface area contributed by atoms with Gasteiger partial charge in [-0.2, -0.15) is 5.26 Å². The third kappa shape index (κ3) is 2.64. The first kappa shape index (κ1) is 14.7. The Hall–Kier alpha value is -1.86. The van der Waals surface area contributed by atoms with Gasteiger partial charge in [0.1, 0.15) is 5.60 Å². The van der Waals surface area contributed by atoms with Crippen LogP contribution in [0, 0.1) is 29.1 Å². The molecule has 3 atom stereocenters. The van der Waals surface area contributed by atoms with Crippen molar-refractivity contribution in [1.82, 2.24) is 5.32 Å². The number of rotatable bonds is 5. The van der Waals surface area contributed by atoms with Crippen LogP contribution in [0.25, 0.3) is 0 Å². The Labute approximate surface area is 136 Å². The standard InChI is InChI=1S/C19H22N2O2/c20-11-13-3-1-6-15(9-13)19(7-8-23-19)12-21-18(22)17-10-16(17)14-4-2-5-14/h1,3,6,9,14,16-17H,2,4-5,7-8,10,12H2,(H,21,22)/t16?,17?,19-/m1/s1. The van der Waals surface area contributed by atoms with Gasteiger partial charge in [-0.3, -0.25) is 4.79 Å². The second-order valence-corrected chi connectivity index (χ2v) is 7.20. The Kier molecular flexibility index (Phi) is 3.61. The molecule has 0 aromatic heterocycles. The molecule has 2 aliphatic carbocycles. The first-order valence-corrected chi connectivity index (χ1v) is 8.64. The summed E-state index contributed by atoms with van der Waals surface area (Å²) in [6.07, 6.45) is 5.90. The molecule has 1 saturated heterocycles. The van der Waals surface area contributed by atoms with Crippen molar-refractivity contribution in [2.75, 3.05) is 13.2 Å². The fourth-order valence-corrected chi connectivity index (χ4v) is 3.96. The lowest BCUT2D eigenvalue weighted by molar-refractivity contribution is -0.155. The zero-order valence-corrected chi connectivity index (χ0v) is 13.3. The average molecular weight is 310 g/mol. The van der Waals surface area contributed by atoms with Gasteiger partial charge < -0.3 is 10.1 Å². The van der Waals surface area contributed by atoms with E-state index >= 15 is 0 Å². The van der Waals surface area contributed by atoms with Crippen molar-refractivity contribution in [1.29, 1.82) is 5.26 Å². The van der Waals surface area contributed by atoms with E-state index < -0.39 is 5.60 Å². The van der Waals surface area contributed by atoms with Crippen LogP contribution in [0.2, 0.25) is 0 Å². The monoisotopic (exact) mass is 310 g/mol. The Bertz CT molecular complexity index is 656. The SMILES string of the molecule is N#Cc1cccc([C@]2(CNC(=O)C3CC3C3CCC3)CCO2)c1. The summed E-state index contributed by atoms with van der Waals surface area (Å²) in [6, 6.07) is 9.71. The highest BCUT2D eigenvalue weighted by atomic mass is 16.5. The van der Waals surface area contributed by atoms with Crippen molar-refractivity contribution in [2.24, 2.45) is 17.8 Å².